The van der Waals surface area contributed by atoms with E-state index in [-0.39, 0.29) is 11.3 Å². The van der Waals surface area contributed by atoms with Crippen molar-refractivity contribution in [1.29, 1.82) is 0 Å². The Morgan fingerprint density at radius 2 is 1.53 bits per heavy atom. The first-order valence-corrected chi connectivity index (χ1v) is 12.1. The zero-order chi connectivity index (χ0) is 23.5. The predicted octanol–water partition coefficient (Wildman–Crippen LogP) is 5.10. The summed E-state index contributed by atoms with van der Waals surface area (Å²) >= 11 is 6.01. The molecule has 168 valence electrons. The second-order valence-electron chi connectivity index (χ2n) is 8.04. The number of aryl methyl sites for hydroxylation is 4. The van der Waals surface area contributed by atoms with E-state index in [9.17, 15) is 13.2 Å². The monoisotopic (exact) mass is 470 g/mol. The molecule has 5 nitrogen and oxygen atoms in total. The van der Waals surface area contributed by atoms with Gasteiger partial charge in [0.05, 0.1) is 4.90 Å². The van der Waals surface area contributed by atoms with E-state index in [1.54, 1.807) is 32.0 Å². The third kappa shape index (κ3) is 5.76. The van der Waals surface area contributed by atoms with E-state index >= 15 is 0 Å². The summed E-state index contributed by atoms with van der Waals surface area (Å²) in [5.74, 6) is -0.440. The van der Waals surface area contributed by atoms with Crippen molar-refractivity contribution in [3.63, 3.8) is 0 Å². The molecule has 0 unspecified atom stereocenters. The fraction of sp³-hybridized carbons (Fsp3) is 0.240. The first kappa shape index (κ1) is 24.0. The molecule has 3 aromatic rings. The maximum atomic E-state index is 13.3. The molecule has 0 fully saturated rings. The summed E-state index contributed by atoms with van der Waals surface area (Å²) in [6.45, 7) is 7.27. The highest BCUT2D eigenvalue weighted by atomic mass is 35.5. The average Bonchev–Trinajstić information content (AvgIpc) is 2.69. The molecule has 3 rings (SSSR count). The summed E-state index contributed by atoms with van der Waals surface area (Å²) in [5.41, 5.74) is 4.48. The van der Waals surface area contributed by atoms with Crippen molar-refractivity contribution in [3.8, 4) is 0 Å². The third-order valence-corrected chi connectivity index (χ3v) is 7.23. The van der Waals surface area contributed by atoms with Gasteiger partial charge in [-0.05, 0) is 74.6 Å². The molecule has 0 saturated carbocycles. The minimum absolute atomic E-state index is 0.205. The van der Waals surface area contributed by atoms with Gasteiger partial charge in [-0.3, -0.25) is 4.79 Å². The lowest BCUT2D eigenvalue weighted by Gasteiger charge is -2.21. The van der Waals surface area contributed by atoms with Gasteiger partial charge in [0, 0.05) is 10.7 Å². The van der Waals surface area contributed by atoms with Crippen LogP contribution in [0.2, 0.25) is 5.02 Å². The highest BCUT2D eigenvalue weighted by Gasteiger charge is 2.28. The van der Waals surface area contributed by atoms with Crippen LogP contribution in [0.4, 0.5) is 5.69 Å². The highest BCUT2D eigenvalue weighted by Crippen LogP contribution is 2.23. The minimum atomic E-state index is -3.94. The smallest absolute Gasteiger partial charge is 0.242 e. The maximum Gasteiger partial charge on any atom is 0.242 e. The molecule has 32 heavy (non-hydrogen) atoms. The van der Waals surface area contributed by atoms with Crippen molar-refractivity contribution in [3.05, 3.63) is 93.5 Å². The van der Waals surface area contributed by atoms with Crippen LogP contribution in [-0.4, -0.2) is 20.4 Å². The van der Waals surface area contributed by atoms with Crippen LogP contribution in [0.1, 0.15) is 27.8 Å². The van der Waals surface area contributed by atoms with Crippen LogP contribution < -0.4 is 10.0 Å². The number of carbonyl (C=O) groups excluding carboxylic acids is 1. The molecular formula is C25H27ClN2O3S. The van der Waals surface area contributed by atoms with Crippen molar-refractivity contribution < 1.29 is 13.2 Å². The lowest BCUT2D eigenvalue weighted by atomic mass is 10.1. The Morgan fingerprint density at radius 3 is 2.12 bits per heavy atom. The SMILES string of the molecule is Cc1cc(C)c(S(=O)(=O)N[C@@H](Cc2ccccc2)C(=O)Nc2ccc(Cl)cc2C)c(C)c1. The fourth-order valence-electron chi connectivity index (χ4n) is 3.86. The van der Waals surface area contributed by atoms with Gasteiger partial charge in [0.1, 0.15) is 6.04 Å². The number of hydrogen-bond acceptors (Lipinski definition) is 3. The topological polar surface area (TPSA) is 75.3 Å². The molecule has 0 spiro atoms. The van der Waals surface area contributed by atoms with E-state index in [1.807, 2.05) is 56.3 Å². The highest BCUT2D eigenvalue weighted by molar-refractivity contribution is 7.89. The van der Waals surface area contributed by atoms with E-state index < -0.39 is 22.0 Å². The van der Waals surface area contributed by atoms with Crippen LogP contribution in [0, 0.1) is 27.7 Å². The predicted molar refractivity (Wildman–Crippen MR) is 130 cm³/mol. The van der Waals surface area contributed by atoms with Crippen molar-refractivity contribution in [2.24, 2.45) is 0 Å². The average molecular weight is 471 g/mol. The molecule has 0 saturated heterocycles. The molecule has 0 radical (unpaired) electrons. The van der Waals surface area contributed by atoms with Crippen molar-refractivity contribution in [2.45, 2.75) is 45.1 Å². The molecule has 1 atom stereocenters. The lowest BCUT2D eigenvalue weighted by Crippen LogP contribution is -2.45. The first-order valence-electron chi connectivity index (χ1n) is 10.3. The normalized spacial score (nSPS) is 12.4. The molecule has 0 aliphatic rings. The molecule has 1 amide bonds. The summed E-state index contributed by atoms with van der Waals surface area (Å²) < 4.78 is 29.3. The molecule has 0 bridgehead atoms. The van der Waals surface area contributed by atoms with Gasteiger partial charge in [0.15, 0.2) is 0 Å². The first-order chi connectivity index (χ1) is 15.1. The number of sulfonamides is 1. The summed E-state index contributed by atoms with van der Waals surface area (Å²) in [7, 11) is -3.94. The lowest BCUT2D eigenvalue weighted by molar-refractivity contribution is -0.117. The molecule has 0 aliphatic carbocycles. The number of nitrogens with one attached hydrogen (secondary N) is 2. The Bertz CT molecular complexity index is 1220. The number of anilines is 1. The van der Waals surface area contributed by atoms with Crippen molar-refractivity contribution in [2.75, 3.05) is 5.32 Å². The van der Waals surface area contributed by atoms with Crippen molar-refractivity contribution in [1.82, 2.24) is 4.72 Å². The number of rotatable bonds is 7. The van der Waals surface area contributed by atoms with Crippen molar-refractivity contribution >= 4 is 33.2 Å². The quantitative estimate of drug-likeness (QED) is 0.504. The van der Waals surface area contributed by atoms with Crippen LogP contribution in [0.3, 0.4) is 0 Å². The largest absolute Gasteiger partial charge is 0.324 e. The van der Waals surface area contributed by atoms with Gasteiger partial charge in [-0.25, -0.2) is 8.42 Å². The van der Waals surface area contributed by atoms with Gasteiger partial charge in [0.2, 0.25) is 15.9 Å². The van der Waals surface area contributed by atoms with E-state index in [0.717, 1.165) is 16.7 Å². The van der Waals surface area contributed by atoms with Gasteiger partial charge >= 0.3 is 0 Å². The Labute approximate surface area is 194 Å². The standard InChI is InChI=1S/C25H27ClN2O3S/c1-16-12-18(3)24(19(4)13-16)32(30,31)28-23(15-20-8-6-5-7-9-20)25(29)27-22-11-10-21(26)14-17(22)2/h5-14,23,28H,15H2,1-4H3,(H,27,29)/t23-/m0/s1. The van der Waals surface area contributed by atoms with Crippen LogP contribution in [0.15, 0.2) is 65.6 Å². The van der Waals surface area contributed by atoms with Gasteiger partial charge < -0.3 is 5.32 Å². The van der Waals surface area contributed by atoms with Gasteiger partial charge in [-0.1, -0.05) is 59.6 Å². The molecule has 0 aliphatic heterocycles. The summed E-state index contributed by atoms with van der Waals surface area (Å²) in [6, 6.07) is 17.1. The van der Waals surface area contributed by atoms with Gasteiger partial charge in [0.25, 0.3) is 0 Å². The summed E-state index contributed by atoms with van der Waals surface area (Å²) in [4.78, 5) is 13.4. The maximum absolute atomic E-state index is 13.3. The van der Waals surface area contributed by atoms with Crippen LogP contribution in [0.5, 0.6) is 0 Å². The second-order valence-corrected chi connectivity index (χ2v) is 10.1. The Morgan fingerprint density at radius 1 is 0.906 bits per heavy atom. The van der Waals surface area contributed by atoms with E-state index in [2.05, 4.69) is 10.0 Å². The zero-order valence-corrected chi connectivity index (χ0v) is 20.1. The molecule has 0 heterocycles. The number of hydrogen-bond donors (Lipinski definition) is 2. The molecule has 2 N–H and O–H groups in total. The number of benzene rings is 3. The number of halogens is 1. The molecule has 7 heteroatoms. The van der Waals surface area contributed by atoms with E-state index in [0.29, 0.717) is 21.8 Å². The Balaban J connectivity index is 1.94. The third-order valence-electron chi connectivity index (χ3n) is 5.22. The Kier molecular flexibility index (Phi) is 7.39. The zero-order valence-electron chi connectivity index (χ0n) is 18.6. The number of carbonyl (C=O) groups is 1. The fourth-order valence-corrected chi connectivity index (χ4v) is 5.74. The number of amides is 1. The minimum Gasteiger partial charge on any atom is -0.324 e. The van der Waals surface area contributed by atoms with Crippen LogP contribution >= 0.6 is 11.6 Å². The molecular weight excluding hydrogens is 444 g/mol. The van der Waals surface area contributed by atoms with Crippen LogP contribution in [-0.2, 0) is 21.2 Å². The van der Waals surface area contributed by atoms with E-state index in [4.69, 9.17) is 11.6 Å². The van der Waals surface area contributed by atoms with Gasteiger partial charge in [-0.2, -0.15) is 4.72 Å². The summed E-state index contributed by atoms with van der Waals surface area (Å²) in [5, 5.41) is 3.41. The summed E-state index contributed by atoms with van der Waals surface area (Å²) in [6.07, 6.45) is 0.211. The Hall–Kier alpha value is -2.67. The molecule has 3 aromatic carbocycles. The van der Waals surface area contributed by atoms with Gasteiger partial charge in [-0.15, -0.1) is 0 Å². The van der Waals surface area contributed by atoms with Crippen LogP contribution in [0.25, 0.3) is 0 Å². The second kappa shape index (κ2) is 9.86. The molecule has 0 aromatic heterocycles. The van der Waals surface area contributed by atoms with E-state index in [1.165, 1.54) is 0 Å².